The number of hydrogen-bond donors (Lipinski definition) is 2. The molecule has 24 heavy (non-hydrogen) atoms. The number of benzene rings is 1. The van der Waals surface area contributed by atoms with E-state index in [2.05, 4.69) is 15.5 Å². The van der Waals surface area contributed by atoms with Gasteiger partial charge in [0.25, 0.3) is 5.91 Å². The van der Waals surface area contributed by atoms with Crippen molar-refractivity contribution in [2.24, 2.45) is 0 Å². The molecular formula is C17H22ClN3O3. The fourth-order valence-electron chi connectivity index (χ4n) is 2.32. The summed E-state index contributed by atoms with van der Waals surface area (Å²) in [5, 5.41) is 6.03. The number of amides is 2. The Morgan fingerprint density at radius 2 is 1.92 bits per heavy atom. The lowest BCUT2D eigenvalue weighted by molar-refractivity contribution is -0.122. The molecule has 0 saturated carbocycles. The second-order valence-electron chi connectivity index (χ2n) is 5.50. The summed E-state index contributed by atoms with van der Waals surface area (Å²) in [6, 6.07) is 7.03. The molecule has 7 heteroatoms. The molecule has 2 N–H and O–H groups in total. The summed E-state index contributed by atoms with van der Waals surface area (Å²) in [5.74, 6) is -0.605. The SMILES string of the molecule is CC(=O)NC(=Cc1ccc(Cl)cc1)C(=O)NCCN1CCOCC1. The molecule has 1 fully saturated rings. The van der Waals surface area contributed by atoms with Crippen molar-refractivity contribution in [1.82, 2.24) is 15.5 Å². The van der Waals surface area contributed by atoms with Crippen molar-refractivity contribution in [1.29, 1.82) is 0 Å². The summed E-state index contributed by atoms with van der Waals surface area (Å²) in [6.07, 6.45) is 1.63. The second kappa shape index (κ2) is 9.42. The number of halogens is 1. The summed E-state index contributed by atoms with van der Waals surface area (Å²) >= 11 is 5.85. The number of nitrogens with one attached hydrogen (secondary N) is 2. The Morgan fingerprint density at radius 3 is 2.54 bits per heavy atom. The van der Waals surface area contributed by atoms with E-state index in [0.29, 0.717) is 11.6 Å². The minimum absolute atomic E-state index is 0.215. The molecule has 0 aromatic heterocycles. The quantitative estimate of drug-likeness (QED) is 0.757. The van der Waals surface area contributed by atoms with E-state index in [-0.39, 0.29) is 17.5 Å². The van der Waals surface area contributed by atoms with Crippen LogP contribution in [0.1, 0.15) is 12.5 Å². The van der Waals surface area contributed by atoms with Gasteiger partial charge in [0.05, 0.1) is 13.2 Å². The first-order valence-electron chi connectivity index (χ1n) is 7.88. The number of hydrogen-bond acceptors (Lipinski definition) is 4. The Bertz CT molecular complexity index is 596. The molecule has 0 unspecified atom stereocenters. The second-order valence-corrected chi connectivity index (χ2v) is 5.94. The first kappa shape index (κ1) is 18.4. The fraction of sp³-hybridized carbons (Fsp3) is 0.412. The molecule has 1 aliphatic heterocycles. The molecule has 6 nitrogen and oxygen atoms in total. The summed E-state index contributed by atoms with van der Waals surface area (Å²) in [7, 11) is 0. The van der Waals surface area contributed by atoms with Crippen LogP contribution in [0.5, 0.6) is 0 Å². The topological polar surface area (TPSA) is 70.7 Å². The Balaban J connectivity index is 1.94. The summed E-state index contributed by atoms with van der Waals surface area (Å²) in [5.41, 5.74) is 0.998. The van der Waals surface area contributed by atoms with Crippen LogP contribution in [0.3, 0.4) is 0 Å². The van der Waals surface area contributed by atoms with E-state index in [1.807, 2.05) is 0 Å². The van der Waals surface area contributed by atoms with Crippen LogP contribution in [0.2, 0.25) is 5.02 Å². The van der Waals surface area contributed by atoms with Crippen molar-refractivity contribution < 1.29 is 14.3 Å². The molecule has 0 bridgehead atoms. The molecule has 2 amide bonds. The van der Waals surface area contributed by atoms with Gasteiger partial charge in [0, 0.05) is 38.1 Å². The van der Waals surface area contributed by atoms with Gasteiger partial charge in [0.1, 0.15) is 5.70 Å². The van der Waals surface area contributed by atoms with Crippen LogP contribution >= 0.6 is 11.6 Å². The number of carbonyl (C=O) groups is 2. The molecule has 0 spiro atoms. The average Bonchev–Trinajstić information content (AvgIpc) is 2.57. The number of ether oxygens (including phenoxy) is 1. The molecule has 130 valence electrons. The van der Waals surface area contributed by atoms with Gasteiger partial charge in [-0.05, 0) is 23.8 Å². The zero-order valence-corrected chi connectivity index (χ0v) is 14.4. The monoisotopic (exact) mass is 351 g/mol. The van der Waals surface area contributed by atoms with Gasteiger partial charge < -0.3 is 15.4 Å². The highest BCUT2D eigenvalue weighted by Crippen LogP contribution is 2.12. The first-order chi connectivity index (χ1) is 11.5. The van der Waals surface area contributed by atoms with Crippen molar-refractivity contribution in [3.63, 3.8) is 0 Å². The van der Waals surface area contributed by atoms with Gasteiger partial charge in [0.2, 0.25) is 5.91 Å². The van der Waals surface area contributed by atoms with E-state index in [0.717, 1.165) is 38.4 Å². The summed E-state index contributed by atoms with van der Waals surface area (Å²) in [4.78, 5) is 25.9. The molecule has 1 aliphatic rings. The fourth-order valence-corrected chi connectivity index (χ4v) is 2.45. The zero-order valence-electron chi connectivity index (χ0n) is 13.7. The van der Waals surface area contributed by atoms with Gasteiger partial charge in [-0.15, -0.1) is 0 Å². The number of rotatable bonds is 6. The van der Waals surface area contributed by atoms with E-state index in [9.17, 15) is 9.59 Å². The van der Waals surface area contributed by atoms with Gasteiger partial charge in [0.15, 0.2) is 0 Å². The minimum atomic E-state index is -0.312. The highest BCUT2D eigenvalue weighted by molar-refractivity contribution is 6.30. The van der Waals surface area contributed by atoms with Crippen LogP contribution in [0, 0.1) is 0 Å². The summed E-state index contributed by atoms with van der Waals surface area (Å²) < 4.78 is 5.29. The van der Waals surface area contributed by atoms with Gasteiger partial charge in [-0.25, -0.2) is 0 Å². The van der Waals surface area contributed by atoms with Crippen LogP contribution in [-0.2, 0) is 14.3 Å². The first-order valence-corrected chi connectivity index (χ1v) is 8.25. The van der Waals surface area contributed by atoms with E-state index < -0.39 is 0 Å². The Hall–Kier alpha value is -1.89. The van der Waals surface area contributed by atoms with Crippen molar-refractivity contribution in [2.45, 2.75) is 6.92 Å². The molecule has 2 rings (SSSR count). The summed E-state index contributed by atoms with van der Waals surface area (Å²) in [6.45, 7) is 5.82. The molecule has 0 atom stereocenters. The number of carbonyl (C=O) groups excluding carboxylic acids is 2. The van der Waals surface area contributed by atoms with E-state index in [4.69, 9.17) is 16.3 Å². The lowest BCUT2D eigenvalue weighted by Gasteiger charge is -2.26. The standard InChI is InChI=1S/C17H22ClN3O3/c1-13(22)20-16(12-14-2-4-15(18)5-3-14)17(23)19-6-7-21-8-10-24-11-9-21/h2-5,12H,6-11H2,1H3,(H,19,23)(H,20,22). The van der Waals surface area contributed by atoms with E-state index in [1.54, 1.807) is 30.3 Å². The minimum Gasteiger partial charge on any atom is -0.379 e. The normalized spacial score (nSPS) is 15.8. The van der Waals surface area contributed by atoms with Gasteiger partial charge in [-0.2, -0.15) is 0 Å². The molecule has 0 aliphatic carbocycles. The van der Waals surface area contributed by atoms with Crippen molar-refractivity contribution >= 4 is 29.5 Å². The molecule has 1 aromatic rings. The molecule has 1 heterocycles. The Morgan fingerprint density at radius 1 is 1.25 bits per heavy atom. The lowest BCUT2D eigenvalue weighted by Crippen LogP contribution is -2.42. The molecule has 0 radical (unpaired) electrons. The van der Waals surface area contributed by atoms with E-state index >= 15 is 0 Å². The third kappa shape index (κ3) is 6.31. The number of morpholine rings is 1. The van der Waals surface area contributed by atoms with E-state index in [1.165, 1.54) is 6.92 Å². The van der Waals surface area contributed by atoms with Gasteiger partial charge in [-0.1, -0.05) is 23.7 Å². The van der Waals surface area contributed by atoms with Gasteiger partial charge in [-0.3, -0.25) is 14.5 Å². The predicted octanol–water partition coefficient (Wildman–Crippen LogP) is 1.27. The van der Waals surface area contributed by atoms with Crippen LogP contribution in [0.4, 0.5) is 0 Å². The highest BCUT2D eigenvalue weighted by Gasteiger charge is 2.13. The maximum Gasteiger partial charge on any atom is 0.267 e. The molecule has 1 aromatic carbocycles. The molecular weight excluding hydrogens is 330 g/mol. The smallest absolute Gasteiger partial charge is 0.267 e. The lowest BCUT2D eigenvalue weighted by atomic mass is 10.2. The molecule has 1 saturated heterocycles. The third-order valence-corrected chi connectivity index (χ3v) is 3.81. The van der Waals surface area contributed by atoms with Gasteiger partial charge >= 0.3 is 0 Å². The van der Waals surface area contributed by atoms with Crippen LogP contribution in [0.25, 0.3) is 6.08 Å². The van der Waals surface area contributed by atoms with Crippen molar-refractivity contribution in [2.75, 3.05) is 39.4 Å². The largest absolute Gasteiger partial charge is 0.379 e. The van der Waals surface area contributed by atoms with Crippen LogP contribution in [-0.4, -0.2) is 56.1 Å². The van der Waals surface area contributed by atoms with Crippen molar-refractivity contribution in [3.8, 4) is 0 Å². The zero-order chi connectivity index (χ0) is 17.4. The number of nitrogens with zero attached hydrogens (tertiary/aromatic N) is 1. The third-order valence-electron chi connectivity index (χ3n) is 3.55. The van der Waals surface area contributed by atoms with Crippen molar-refractivity contribution in [3.05, 3.63) is 40.5 Å². The maximum absolute atomic E-state index is 12.3. The highest BCUT2D eigenvalue weighted by atomic mass is 35.5. The van der Waals surface area contributed by atoms with Crippen LogP contribution < -0.4 is 10.6 Å². The predicted molar refractivity (Wildman–Crippen MR) is 93.5 cm³/mol. The van der Waals surface area contributed by atoms with Crippen LogP contribution in [0.15, 0.2) is 30.0 Å². The maximum atomic E-state index is 12.3. The Labute approximate surface area is 146 Å². The Kier molecular flexibility index (Phi) is 7.24. The average molecular weight is 352 g/mol.